The van der Waals surface area contributed by atoms with Crippen molar-refractivity contribution in [2.75, 3.05) is 12.3 Å². The third-order valence-electron chi connectivity index (χ3n) is 4.08. The van der Waals surface area contributed by atoms with Gasteiger partial charge < -0.3 is 10.4 Å². The van der Waals surface area contributed by atoms with Crippen molar-refractivity contribution in [1.29, 1.82) is 0 Å². The highest BCUT2D eigenvalue weighted by Gasteiger charge is 2.25. The van der Waals surface area contributed by atoms with Crippen LogP contribution >= 0.6 is 11.8 Å². The minimum atomic E-state index is -0.287. The van der Waals surface area contributed by atoms with Gasteiger partial charge in [-0.25, -0.2) is 0 Å². The van der Waals surface area contributed by atoms with Crippen LogP contribution in [0.5, 0.6) is 0 Å². The molecule has 116 valence electrons. The lowest BCUT2D eigenvalue weighted by atomic mass is 9.87. The zero-order valence-electron chi connectivity index (χ0n) is 12.7. The molecule has 0 heterocycles. The van der Waals surface area contributed by atoms with Crippen LogP contribution in [0.1, 0.15) is 36.8 Å². The third-order valence-corrected chi connectivity index (χ3v) is 5.09. The smallest absolute Gasteiger partial charge is 0.223 e. The number of aliphatic hydroxyl groups is 1. The second kappa shape index (κ2) is 8.44. The second-order valence-electron chi connectivity index (χ2n) is 5.79. The first kappa shape index (κ1) is 16.4. The largest absolute Gasteiger partial charge is 0.393 e. The molecule has 1 aliphatic rings. The SMILES string of the molecule is Cc1ccccc1CSCCNC(=O)[C@H]1CCC[C@H](O)C1. The maximum Gasteiger partial charge on any atom is 0.223 e. The first-order chi connectivity index (χ1) is 10.2. The summed E-state index contributed by atoms with van der Waals surface area (Å²) in [6.45, 7) is 2.84. The molecule has 2 rings (SSSR count). The molecule has 0 aliphatic heterocycles. The fraction of sp³-hybridized carbons (Fsp3) is 0.588. The minimum Gasteiger partial charge on any atom is -0.393 e. The number of nitrogens with one attached hydrogen (secondary N) is 1. The summed E-state index contributed by atoms with van der Waals surface area (Å²) in [5, 5.41) is 12.6. The van der Waals surface area contributed by atoms with Crippen LogP contribution in [0.2, 0.25) is 0 Å². The quantitative estimate of drug-likeness (QED) is 0.795. The number of carbonyl (C=O) groups is 1. The highest BCUT2D eigenvalue weighted by molar-refractivity contribution is 7.98. The molecule has 1 aliphatic carbocycles. The summed E-state index contributed by atoms with van der Waals surface area (Å²) in [6, 6.07) is 8.41. The molecule has 1 aromatic carbocycles. The highest BCUT2D eigenvalue weighted by atomic mass is 32.2. The van der Waals surface area contributed by atoms with Gasteiger partial charge in [-0.2, -0.15) is 11.8 Å². The molecular weight excluding hydrogens is 282 g/mol. The molecule has 2 N–H and O–H groups in total. The topological polar surface area (TPSA) is 49.3 Å². The van der Waals surface area contributed by atoms with Crippen LogP contribution < -0.4 is 5.32 Å². The summed E-state index contributed by atoms with van der Waals surface area (Å²) in [7, 11) is 0. The summed E-state index contributed by atoms with van der Waals surface area (Å²) >= 11 is 1.85. The standard InChI is InChI=1S/C17H25NO2S/c1-13-5-2-3-6-15(13)12-21-10-9-18-17(20)14-7-4-8-16(19)11-14/h2-3,5-6,14,16,19H,4,7-12H2,1H3,(H,18,20)/t14-,16-/m0/s1. The predicted octanol–water partition coefficient (Wildman–Crippen LogP) is 2.90. The second-order valence-corrected chi connectivity index (χ2v) is 6.89. The molecule has 1 saturated carbocycles. The normalized spacial score (nSPS) is 22.0. The fourth-order valence-corrected chi connectivity index (χ4v) is 3.68. The Kier molecular flexibility index (Phi) is 6.58. The Morgan fingerprint density at radius 1 is 1.38 bits per heavy atom. The van der Waals surface area contributed by atoms with Crippen LogP contribution in [0.25, 0.3) is 0 Å². The van der Waals surface area contributed by atoms with Crippen molar-refractivity contribution < 1.29 is 9.90 Å². The zero-order valence-corrected chi connectivity index (χ0v) is 13.5. The van der Waals surface area contributed by atoms with Gasteiger partial charge >= 0.3 is 0 Å². The van der Waals surface area contributed by atoms with E-state index in [2.05, 4.69) is 36.5 Å². The lowest BCUT2D eigenvalue weighted by Crippen LogP contribution is -2.36. The van der Waals surface area contributed by atoms with E-state index < -0.39 is 0 Å². The Labute approximate surface area is 131 Å². The monoisotopic (exact) mass is 307 g/mol. The molecule has 1 fully saturated rings. The van der Waals surface area contributed by atoms with Crippen molar-refractivity contribution in [3.8, 4) is 0 Å². The van der Waals surface area contributed by atoms with Gasteiger partial charge in [0.15, 0.2) is 0 Å². The van der Waals surface area contributed by atoms with E-state index in [1.807, 2.05) is 11.8 Å². The van der Waals surface area contributed by atoms with Crippen LogP contribution in [-0.4, -0.2) is 29.4 Å². The number of aryl methyl sites for hydroxylation is 1. The molecule has 21 heavy (non-hydrogen) atoms. The minimum absolute atomic E-state index is 0.00937. The highest BCUT2D eigenvalue weighted by Crippen LogP contribution is 2.24. The third kappa shape index (κ3) is 5.36. The van der Waals surface area contributed by atoms with E-state index in [-0.39, 0.29) is 17.9 Å². The molecule has 0 aromatic heterocycles. The van der Waals surface area contributed by atoms with E-state index >= 15 is 0 Å². The van der Waals surface area contributed by atoms with Gasteiger partial charge in [0.1, 0.15) is 0 Å². The van der Waals surface area contributed by atoms with Crippen LogP contribution in [0.15, 0.2) is 24.3 Å². The van der Waals surface area contributed by atoms with Crippen molar-refractivity contribution in [1.82, 2.24) is 5.32 Å². The van der Waals surface area contributed by atoms with Crippen LogP contribution in [0.3, 0.4) is 0 Å². The van der Waals surface area contributed by atoms with E-state index in [1.165, 1.54) is 11.1 Å². The molecule has 0 spiro atoms. The van der Waals surface area contributed by atoms with Gasteiger partial charge in [0.2, 0.25) is 5.91 Å². The average Bonchev–Trinajstić information content (AvgIpc) is 2.48. The molecule has 4 heteroatoms. The summed E-state index contributed by atoms with van der Waals surface area (Å²) in [6.07, 6.45) is 3.06. The van der Waals surface area contributed by atoms with E-state index in [9.17, 15) is 9.90 Å². The molecular formula is C17H25NO2S. The van der Waals surface area contributed by atoms with E-state index in [0.717, 1.165) is 30.8 Å². The van der Waals surface area contributed by atoms with Crippen LogP contribution in [0.4, 0.5) is 0 Å². The first-order valence-electron chi connectivity index (χ1n) is 7.75. The van der Waals surface area contributed by atoms with E-state index in [4.69, 9.17) is 0 Å². The van der Waals surface area contributed by atoms with Gasteiger partial charge in [-0.05, 0) is 37.3 Å². The Morgan fingerprint density at radius 3 is 2.95 bits per heavy atom. The number of carbonyl (C=O) groups excluding carboxylic acids is 1. The molecule has 1 aromatic rings. The number of benzene rings is 1. The number of amides is 1. The Morgan fingerprint density at radius 2 is 2.19 bits per heavy atom. The molecule has 0 saturated heterocycles. The first-order valence-corrected chi connectivity index (χ1v) is 8.90. The Balaban J connectivity index is 1.61. The predicted molar refractivity (Wildman–Crippen MR) is 88.3 cm³/mol. The fourth-order valence-electron chi connectivity index (χ4n) is 2.75. The lowest BCUT2D eigenvalue weighted by Gasteiger charge is -2.24. The maximum absolute atomic E-state index is 12.0. The zero-order chi connectivity index (χ0) is 15.1. The van der Waals surface area contributed by atoms with Gasteiger partial charge in [-0.3, -0.25) is 4.79 Å². The summed E-state index contributed by atoms with van der Waals surface area (Å²) in [4.78, 5) is 12.0. The average molecular weight is 307 g/mol. The summed E-state index contributed by atoms with van der Waals surface area (Å²) < 4.78 is 0. The number of hydrogen-bond acceptors (Lipinski definition) is 3. The molecule has 2 atom stereocenters. The van der Waals surface area contributed by atoms with Crippen LogP contribution in [0, 0.1) is 12.8 Å². The van der Waals surface area contributed by atoms with Gasteiger partial charge in [0, 0.05) is 24.0 Å². The molecule has 0 bridgehead atoms. The maximum atomic E-state index is 12.0. The van der Waals surface area contributed by atoms with Gasteiger partial charge in [0.25, 0.3) is 0 Å². The number of rotatable bonds is 6. The van der Waals surface area contributed by atoms with Crippen molar-refractivity contribution in [3.05, 3.63) is 35.4 Å². The van der Waals surface area contributed by atoms with Gasteiger partial charge in [-0.1, -0.05) is 30.7 Å². The molecule has 1 amide bonds. The van der Waals surface area contributed by atoms with Crippen molar-refractivity contribution in [2.45, 2.75) is 44.5 Å². The van der Waals surface area contributed by atoms with Crippen molar-refractivity contribution in [2.24, 2.45) is 5.92 Å². The van der Waals surface area contributed by atoms with Crippen molar-refractivity contribution in [3.63, 3.8) is 0 Å². The van der Waals surface area contributed by atoms with Gasteiger partial charge in [0.05, 0.1) is 6.10 Å². The Bertz CT molecular complexity index is 464. The van der Waals surface area contributed by atoms with E-state index in [1.54, 1.807) is 0 Å². The molecule has 3 nitrogen and oxygen atoms in total. The molecule has 0 unspecified atom stereocenters. The van der Waals surface area contributed by atoms with Gasteiger partial charge in [-0.15, -0.1) is 0 Å². The molecule has 0 radical (unpaired) electrons. The summed E-state index contributed by atoms with van der Waals surface area (Å²) in [5.41, 5.74) is 2.69. The lowest BCUT2D eigenvalue weighted by molar-refractivity contribution is -0.127. The summed E-state index contributed by atoms with van der Waals surface area (Å²) in [5.74, 6) is 2.04. The Hall–Kier alpha value is -1.00. The number of hydrogen-bond donors (Lipinski definition) is 2. The number of thioether (sulfide) groups is 1. The van der Waals surface area contributed by atoms with E-state index in [0.29, 0.717) is 13.0 Å². The van der Waals surface area contributed by atoms with Crippen molar-refractivity contribution >= 4 is 17.7 Å². The number of aliphatic hydroxyl groups excluding tert-OH is 1. The van der Waals surface area contributed by atoms with Crippen LogP contribution in [-0.2, 0) is 10.5 Å².